The summed E-state index contributed by atoms with van der Waals surface area (Å²) in [5.74, 6) is 1.34. The van der Waals surface area contributed by atoms with Gasteiger partial charge in [0.1, 0.15) is 5.01 Å². The molecule has 1 fully saturated rings. The van der Waals surface area contributed by atoms with Crippen molar-refractivity contribution in [2.75, 3.05) is 39.9 Å². The number of ether oxygens (including phenoxy) is 1. The molecule has 0 aromatic carbocycles. The highest BCUT2D eigenvalue weighted by molar-refractivity contribution is 7.09. The highest BCUT2D eigenvalue weighted by Gasteiger charge is 2.28. The standard InChI is InChI=1S/C18H33N5OS/c1-5-19-18(21-12-17-22-16(13-25-17)14(2)3)20-8-9-23(10-11-24-4)15-6-7-15/h13-15H,5-12H2,1-4H3,(H2,19,20,21). The molecule has 1 aromatic rings. The summed E-state index contributed by atoms with van der Waals surface area (Å²) in [6.07, 6.45) is 2.64. The Labute approximate surface area is 156 Å². The van der Waals surface area contributed by atoms with E-state index in [1.54, 1.807) is 18.4 Å². The summed E-state index contributed by atoms with van der Waals surface area (Å²) in [5, 5.41) is 9.97. The minimum absolute atomic E-state index is 0.473. The third-order valence-corrected chi connectivity index (χ3v) is 5.07. The van der Waals surface area contributed by atoms with Gasteiger partial charge in [0.25, 0.3) is 0 Å². The van der Waals surface area contributed by atoms with Gasteiger partial charge >= 0.3 is 0 Å². The van der Waals surface area contributed by atoms with Crippen molar-refractivity contribution in [1.29, 1.82) is 0 Å². The van der Waals surface area contributed by atoms with Gasteiger partial charge in [-0.15, -0.1) is 11.3 Å². The molecule has 1 saturated carbocycles. The van der Waals surface area contributed by atoms with Crippen molar-refractivity contribution in [1.82, 2.24) is 20.5 Å². The van der Waals surface area contributed by atoms with Gasteiger partial charge < -0.3 is 15.4 Å². The Bertz CT molecular complexity index is 527. The van der Waals surface area contributed by atoms with Crippen LogP contribution in [0.1, 0.15) is 50.2 Å². The van der Waals surface area contributed by atoms with Crippen LogP contribution in [0.3, 0.4) is 0 Å². The summed E-state index contributed by atoms with van der Waals surface area (Å²) >= 11 is 1.69. The van der Waals surface area contributed by atoms with Gasteiger partial charge in [-0.2, -0.15) is 0 Å². The number of thiazole rings is 1. The Morgan fingerprint density at radius 1 is 1.40 bits per heavy atom. The van der Waals surface area contributed by atoms with Crippen molar-refractivity contribution in [3.05, 3.63) is 16.1 Å². The Morgan fingerprint density at radius 2 is 2.20 bits per heavy atom. The topological polar surface area (TPSA) is 61.8 Å². The molecule has 0 radical (unpaired) electrons. The number of aliphatic imine (C=N–C) groups is 1. The molecule has 0 bridgehead atoms. The molecule has 1 aliphatic rings. The molecule has 2 N–H and O–H groups in total. The van der Waals surface area contributed by atoms with E-state index >= 15 is 0 Å². The summed E-state index contributed by atoms with van der Waals surface area (Å²) in [6, 6.07) is 0.751. The fraction of sp³-hybridized carbons (Fsp3) is 0.778. The molecule has 25 heavy (non-hydrogen) atoms. The molecule has 1 aliphatic carbocycles. The molecule has 0 saturated heterocycles. The van der Waals surface area contributed by atoms with Crippen molar-refractivity contribution in [2.24, 2.45) is 4.99 Å². The molecular formula is C18H33N5OS. The van der Waals surface area contributed by atoms with Crippen LogP contribution in [0.2, 0.25) is 0 Å². The van der Waals surface area contributed by atoms with Crippen molar-refractivity contribution in [3.63, 3.8) is 0 Å². The second-order valence-corrected chi connectivity index (χ2v) is 7.65. The highest BCUT2D eigenvalue weighted by atomic mass is 32.1. The molecule has 0 atom stereocenters. The number of nitrogens with zero attached hydrogens (tertiary/aromatic N) is 3. The van der Waals surface area contributed by atoms with Gasteiger partial charge in [0.15, 0.2) is 5.96 Å². The molecule has 0 spiro atoms. The van der Waals surface area contributed by atoms with Gasteiger partial charge in [-0.25, -0.2) is 9.98 Å². The molecule has 2 rings (SSSR count). The average Bonchev–Trinajstić information content (AvgIpc) is 3.32. The van der Waals surface area contributed by atoms with Crippen LogP contribution in [0, 0.1) is 0 Å². The van der Waals surface area contributed by atoms with Crippen LogP contribution in [0.5, 0.6) is 0 Å². The first kappa shape index (κ1) is 20.1. The molecule has 0 unspecified atom stereocenters. The summed E-state index contributed by atoms with van der Waals surface area (Å²) < 4.78 is 5.22. The number of guanidine groups is 1. The first-order valence-corrected chi connectivity index (χ1v) is 10.2. The number of methoxy groups -OCH3 is 1. The van der Waals surface area contributed by atoms with Crippen LogP contribution in [-0.4, -0.2) is 61.8 Å². The van der Waals surface area contributed by atoms with E-state index in [-0.39, 0.29) is 0 Å². The maximum absolute atomic E-state index is 5.22. The molecule has 0 aliphatic heterocycles. The lowest BCUT2D eigenvalue weighted by Crippen LogP contribution is -2.42. The van der Waals surface area contributed by atoms with Crippen LogP contribution in [0.15, 0.2) is 10.4 Å². The lowest BCUT2D eigenvalue weighted by atomic mass is 10.2. The highest BCUT2D eigenvalue weighted by Crippen LogP contribution is 2.26. The Hall–Kier alpha value is -1.18. The molecule has 6 nitrogen and oxygen atoms in total. The summed E-state index contributed by atoms with van der Waals surface area (Å²) in [6.45, 7) is 11.6. The fourth-order valence-electron chi connectivity index (χ4n) is 2.59. The van der Waals surface area contributed by atoms with Crippen molar-refractivity contribution < 1.29 is 4.74 Å². The average molecular weight is 368 g/mol. The van der Waals surface area contributed by atoms with Crippen molar-refractivity contribution in [2.45, 2.75) is 52.1 Å². The van der Waals surface area contributed by atoms with Gasteiger partial charge in [-0.05, 0) is 25.7 Å². The van der Waals surface area contributed by atoms with E-state index in [2.05, 4.69) is 51.7 Å². The molecular weight excluding hydrogens is 334 g/mol. The largest absolute Gasteiger partial charge is 0.383 e. The first-order valence-electron chi connectivity index (χ1n) is 9.33. The fourth-order valence-corrected chi connectivity index (χ4v) is 3.47. The molecule has 0 amide bonds. The van der Waals surface area contributed by atoms with Crippen molar-refractivity contribution in [3.8, 4) is 0 Å². The predicted molar refractivity (Wildman–Crippen MR) is 105 cm³/mol. The SMILES string of the molecule is CCNC(=NCc1nc(C(C)C)cs1)NCCN(CCOC)C1CC1. The number of rotatable bonds is 11. The quantitative estimate of drug-likeness (QED) is 0.465. The number of hydrogen-bond donors (Lipinski definition) is 2. The van der Waals surface area contributed by atoms with Crippen molar-refractivity contribution >= 4 is 17.3 Å². The summed E-state index contributed by atoms with van der Waals surface area (Å²) in [7, 11) is 1.77. The summed E-state index contributed by atoms with van der Waals surface area (Å²) in [4.78, 5) is 11.8. The third kappa shape index (κ3) is 7.30. The molecule has 1 aromatic heterocycles. The smallest absolute Gasteiger partial charge is 0.191 e. The van der Waals surface area contributed by atoms with Gasteiger partial charge in [0.05, 0.1) is 18.8 Å². The summed E-state index contributed by atoms with van der Waals surface area (Å²) in [5.41, 5.74) is 1.16. The zero-order chi connectivity index (χ0) is 18.1. The van der Waals surface area contributed by atoms with Gasteiger partial charge in [0.2, 0.25) is 0 Å². The maximum atomic E-state index is 5.22. The number of aromatic nitrogens is 1. The molecule has 1 heterocycles. The molecule has 7 heteroatoms. The lowest BCUT2D eigenvalue weighted by Gasteiger charge is -2.22. The van der Waals surface area contributed by atoms with Gasteiger partial charge in [0, 0.05) is 44.7 Å². The van der Waals surface area contributed by atoms with E-state index in [9.17, 15) is 0 Å². The number of nitrogens with one attached hydrogen (secondary N) is 2. The Morgan fingerprint density at radius 3 is 2.80 bits per heavy atom. The zero-order valence-corrected chi connectivity index (χ0v) is 16.9. The van der Waals surface area contributed by atoms with Gasteiger partial charge in [-0.3, -0.25) is 4.90 Å². The lowest BCUT2D eigenvalue weighted by molar-refractivity contribution is 0.144. The zero-order valence-electron chi connectivity index (χ0n) is 16.0. The van der Waals surface area contributed by atoms with E-state index < -0.39 is 0 Å². The van der Waals surface area contributed by atoms with E-state index in [1.165, 1.54) is 12.8 Å². The third-order valence-electron chi connectivity index (χ3n) is 4.22. The monoisotopic (exact) mass is 367 g/mol. The predicted octanol–water partition coefficient (Wildman–Crippen LogP) is 2.43. The van der Waals surface area contributed by atoms with Crippen LogP contribution in [0.25, 0.3) is 0 Å². The van der Waals surface area contributed by atoms with E-state index in [1.807, 2.05) is 0 Å². The minimum atomic E-state index is 0.473. The van der Waals surface area contributed by atoms with E-state index in [0.717, 1.165) is 55.5 Å². The van der Waals surface area contributed by atoms with E-state index in [4.69, 9.17) is 4.74 Å². The Balaban J connectivity index is 1.80. The van der Waals surface area contributed by atoms with Crippen LogP contribution in [-0.2, 0) is 11.3 Å². The number of hydrogen-bond acceptors (Lipinski definition) is 5. The molecule has 142 valence electrons. The second kappa shape index (κ2) is 10.7. The minimum Gasteiger partial charge on any atom is -0.383 e. The first-order chi connectivity index (χ1) is 12.1. The van der Waals surface area contributed by atoms with Gasteiger partial charge in [-0.1, -0.05) is 13.8 Å². The van der Waals surface area contributed by atoms with Crippen LogP contribution >= 0.6 is 11.3 Å². The Kier molecular flexibility index (Phi) is 8.64. The maximum Gasteiger partial charge on any atom is 0.191 e. The normalized spacial score (nSPS) is 15.2. The van der Waals surface area contributed by atoms with E-state index in [0.29, 0.717) is 12.5 Å². The van der Waals surface area contributed by atoms with Crippen LogP contribution < -0.4 is 10.6 Å². The second-order valence-electron chi connectivity index (χ2n) is 6.70. The van der Waals surface area contributed by atoms with Crippen LogP contribution in [0.4, 0.5) is 0 Å².